The lowest BCUT2D eigenvalue weighted by molar-refractivity contribution is -0.149. The van der Waals surface area contributed by atoms with E-state index in [0.717, 1.165) is 30.7 Å². The average Bonchev–Trinajstić information content (AvgIpc) is 2.51. The number of unbranched alkanes of at least 4 members (excludes halogenated alkanes) is 1. The number of carbonyl (C=O) groups is 1. The fourth-order valence-corrected chi connectivity index (χ4v) is 2.35. The van der Waals surface area contributed by atoms with Crippen LogP contribution in [0.4, 0.5) is 5.69 Å². The molecular weight excluding hydrogens is 266 g/mol. The molecule has 0 spiro atoms. The third kappa shape index (κ3) is 4.66. The van der Waals surface area contributed by atoms with Crippen LogP contribution in [0.3, 0.4) is 0 Å². The van der Waals surface area contributed by atoms with Gasteiger partial charge in [0.15, 0.2) is 0 Å². The van der Waals surface area contributed by atoms with Crippen LogP contribution in [0.5, 0.6) is 5.75 Å². The number of anilines is 1. The molecule has 0 saturated heterocycles. The lowest BCUT2D eigenvalue weighted by Gasteiger charge is -2.32. The lowest BCUT2D eigenvalue weighted by Crippen LogP contribution is -2.47. The summed E-state index contributed by atoms with van der Waals surface area (Å²) < 4.78 is 10.5. The maximum absolute atomic E-state index is 12.4. The Morgan fingerprint density at radius 1 is 1.29 bits per heavy atom. The van der Waals surface area contributed by atoms with Gasteiger partial charge in [0, 0.05) is 11.8 Å². The van der Waals surface area contributed by atoms with E-state index in [-0.39, 0.29) is 5.97 Å². The molecule has 0 aliphatic heterocycles. The second-order valence-corrected chi connectivity index (χ2v) is 5.12. The third-order valence-electron chi connectivity index (χ3n) is 3.68. The molecule has 1 atom stereocenters. The van der Waals surface area contributed by atoms with Crippen LogP contribution in [-0.2, 0) is 9.53 Å². The highest BCUT2D eigenvalue weighted by Crippen LogP contribution is 2.28. The lowest BCUT2D eigenvalue weighted by atomic mass is 9.89. The molecule has 1 aromatic rings. The van der Waals surface area contributed by atoms with Gasteiger partial charge in [0.05, 0.1) is 13.7 Å². The molecule has 21 heavy (non-hydrogen) atoms. The van der Waals surface area contributed by atoms with Crippen molar-refractivity contribution >= 4 is 11.7 Å². The van der Waals surface area contributed by atoms with E-state index in [2.05, 4.69) is 12.2 Å². The molecule has 0 heterocycles. The molecule has 0 aromatic heterocycles. The van der Waals surface area contributed by atoms with E-state index in [1.54, 1.807) is 7.11 Å². The Hall–Kier alpha value is -1.71. The summed E-state index contributed by atoms with van der Waals surface area (Å²) in [5.41, 5.74) is 0.207. The fourth-order valence-electron chi connectivity index (χ4n) is 2.35. The maximum atomic E-state index is 12.4. The Morgan fingerprint density at radius 2 is 2.05 bits per heavy atom. The molecule has 0 saturated carbocycles. The summed E-state index contributed by atoms with van der Waals surface area (Å²) in [6, 6.07) is 7.63. The molecule has 0 bridgehead atoms. The molecular formula is C17H27NO3. The Bertz CT molecular complexity index is 447. The zero-order chi connectivity index (χ0) is 15.7. The highest BCUT2D eigenvalue weighted by atomic mass is 16.5. The van der Waals surface area contributed by atoms with E-state index in [1.165, 1.54) is 0 Å². The summed E-state index contributed by atoms with van der Waals surface area (Å²) >= 11 is 0. The number of rotatable bonds is 9. The van der Waals surface area contributed by atoms with Crippen molar-refractivity contribution in [3.05, 3.63) is 24.3 Å². The minimum atomic E-state index is -0.668. The zero-order valence-corrected chi connectivity index (χ0v) is 13.6. The maximum Gasteiger partial charge on any atom is 0.331 e. The number of ether oxygens (including phenoxy) is 2. The van der Waals surface area contributed by atoms with E-state index in [9.17, 15) is 4.79 Å². The van der Waals surface area contributed by atoms with Gasteiger partial charge in [-0.1, -0.05) is 32.8 Å². The molecule has 0 aliphatic carbocycles. The summed E-state index contributed by atoms with van der Waals surface area (Å²) in [6.07, 6.45) is 3.46. The molecule has 1 rings (SSSR count). The minimum absolute atomic E-state index is 0.177. The van der Waals surface area contributed by atoms with Gasteiger partial charge in [0.2, 0.25) is 0 Å². The Morgan fingerprint density at radius 3 is 2.62 bits per heavy atom. The first kappa shape index (κ1) is 17.3. The smallest absolute Gasteiger partial charge is 0.331 e. The second-order valence-electron chi connectivity index (χ2n) is 5.12. The van der Waals surface area contributed by atoms with Crippen molar-refractivity contribution in [1.82, 2.24) is 0 Å². The molecule has 118 valence electrons. The van der Waals surface area contributed by atoms with Crippen LogP contribution in [0.2, 0.25) is 0 Å². The number of benzene rings is 1. The van der Waals surface area contributed by atoms with E-state index in [4.69, 9.17) is 9.47 Å². The van der Waals surface area contributed by atoms with Crippen molar-refractivity contribution in [2.24, 2.45) is 0 Å². The fraction of sp³-hybridized carbons (Fsp3) is 0.588. The summed E-state index contributed by atoms with van der Waals surface area (Å²) in [5, 5.41) is 3.38. The molecule has 0 radical (unpaired) electrons. The van der Waals surface area contributed by atoms with Gasteiger partial charge in [0.25, 0.3) is 0 Å². The number of nitrogens with one attached hydrogen (secondary N) is 1. The monoisotopic (exact) mass is 293 g/mol. The first-order valence-electron chi connectivity index (χ1n) is 7.71. The van der Waals surface area contributed by atoms with Gasteiger partial charge in [-0.15, -0.1) is 0 Å². The van der Waals surface area contributed by atoms with Crippen molar-refractivity contribution in [3.63, 3.8) is 0 Å². The van der Waals surface area contributed by atoms with Crippen molar-refractivity contribution in [2.45, 2.75) is 52.0 Å². The van der Waals surface area contributed by atoms with Gasteiger partial charge in [0.1, 0.15) is 11.3 Å². The number of methoxy groups -OCH3 is 1. The average molecular weight is 293 g/mol. The molecule has 0 amide bonds. The van der Waals surface area contributed by atoms with Crippen molar-refractivity contribution in [3.8, 4) is 5.75 Å². The van der Waals surface area contributed by atoms with Crippen LogP contribution in [0.25, 0.3) is 0 Å². The highest BCUT2D eigenvalue weighted by molar-refractivity contribution is 5.84. The van der Waals surface area contributed by atoms with Crippen molar-refractivity contribution in [2.75, 3.05) is 19.0 Å². The summed E-state index contributed by atoms with van der Waals surface area (Å²) in [7, 11) is 1.63. The van der Waals surface area contributed by atoms with Gasteiger partial charge in [-0.3, -0.25) is 0 Å². The predicted molar refractivity (Wildman–Crippen MR) is 85.8 cm³/mol. The number of carbonyl (C=O) groups excluding carboxylic acids is 1. The minimum Gasteiger partial charge on any atom is -0.497 e. The Balaban J connectivity index is 3.01. The molecule has 0 fully saturated rings. The van der Waals surface area contributed by atoms with E-state index >= 15 is 0 Å². The van der Waals surface area contributed by atoms with Gasteiger partial charge < -0.3 is 14.8 Å². The molecule has 1 unspecified atom stereocenters. The van der Waals surface area contributed by atoms with Crippen LogP contribution in [-0.4, -0.2) is 25.2 Å². The number of esters is 1. The Labute approximate surface area is 127 Å². The van der Waals surface area contributed by atoms with Crippen LogP contribution in [0.15, 0.2) is 24.3 Å². The standard InChI is InChI=1S/C17H27NO3/c1-5-8-12-17(6-2,16(19)21-7-3)18-14-10-9-11-15(13-14)20-4/h9-11,13,18H,5-8,12H2,1-4H3. The van der Waals surface area contributed by atoms with Crippen LogP contribution in [0.1, 0.15) is 46.5 Å². The van der Waals surface area contributed by atoms with Crippen LogP contribution < -0.4 is 10.1 Å². The van der Waals surface area contributed by atoms with Crippen molar-refractivity contribution < 1.29 is 14.3 Å². The summed E-state index contributed by atoms with van der Waals surface area (Å²) in [5.74, 6) is 0.591. The molecule has 0 aliphatic rings. The highest BCUT2D eigenvalue weighted by Gasteiger charge is 2.37. The largest absolute Gasteiger partial charge is 0.497 e. The van der Waals surface area contributed by atoms with E-state index in [0.29, 0.717) is 13.0 Å². The zero-order valence-electron chi connectivity index (χ0n) is 13.6. The first-order chi connectivity index (χ1) is 10.1. The van der Waals surface area contributed by atoms with Gasteiger partial charge in [-0.2, -0.15) is 0 Å². The first-order valence-corrected chi connectivity index (χ1v) is 7.71. The van der Waals surface area contributed by atoms with Gasteiger partial charge >= 0.3 is 5.97 Å². The van der Waals surface area contributed by atoms with E-state index in [1.807, 2.05) is 38.1 Å². The third-order valence-corrected chi connectivity index (χ3v) is 3.68. The predicted octanol–water partition coefficient (Wildman–Crippen LogP) is 4.01. The van der Waals surface area contributed by atoms with Gasteiger partial charge in [-0.25, -0.2) is 4.79 Å². The molecule has 1 aromatic carbocycles. The quantitative estimate of drug-likeness (QED) is 0.699. The van der Waals surface area contributed by atoms with Crippen molar-refractivity contribution in [1.29, 1.82) is 0 Å². The van der Waals surface area contributed by atoms with E-state index < -0.39 is 5.54 Å². The summed E-state index contributed by atoms with van der Waals surface area (Å²) in [6.45, 7) is 6.37. The normalized spacial score (nSPS) is 13.3. The Kier molecular flexibility index (Phi) is 7.06. The molecule has 4 nitrogen and oxygen atoms in total. The second kappa shape index (κ2) is 8.55. The van der Waals surface area contributed by atoms with Crippen LogP contribution >= 0.6 is 0 Å². The molecule has 1 N–H and O–H groups in total. The summed E-state index contributed by atoms with van der Waals surface area (Å²) in [4.78, 5) is 12.4. The van der Waals surface area contributed by atoms with Crippen LogP contribution in [0, 0.1) is 0 Å². The van der Waals surface area contributed by atoms with Gasteiger partial charge in [-0.05, 0) is 31.9 Å². The number of hydrogen-bond donors (Lipinski definition) is 1. The molecule has 4 heteroatoms. The SMILES string of the molecule is CCCCC(CC)(Nc1cccc(OC)c1)C(=O)OCC. The topological polar surface area (TPSA) is 47.6 Å². The number of hydrogen-bond acceptors (Lipinski definition) is 4.